The molecule has 1 aliphatic rings. The van der Waals surface area contributed by atoms with Gasteiger partial charge in [-0.15, -0.1) is 0 Å². The molecule has 0 aromatic heterocycles. The predicted octanol–water partition coefficient (Wildman–Crippen LogP) is 2.44. The number of hydrogen-bond donors (Lipinski definition) is 0. The van der Waals surface area contributed by atoms with E-state index in [2.05, 4.69) is 0 Å². The fraction of sp³-hybridized carbons (Fsp3) is 0.500. The molecule has 0 radical (unpaired) electrons. The van der Waals surface area contributed by atoms with Gasteiger partial charge in [0.25, 0.3) is 0 Å². The van der Waals surface area contributed by atoms with E-state index in [-0.39, 0.29) is 11.7 Å². The van der Waals surface area contributed by atoms with Crippen molar-refractivity contribution in [2.75, 3.05) is 0 Å². The van der Waals surface area contributed by atoms with E-state index >= 15 is 0 Å². The highest BCUT2D eigenvalue weighted by Crippen LogP contribution is 2.33. The summed E-state index contributed by atoms with van der Waals surface area (Å²) >= 11 is 0. The highest BCUT2D eigenvalue weighted by atomic mass is 32.2. The molecular weight excluding hydrogens is 248 g/mol. The molecular formula is C14H18O3S. The SMILES string of the molecule is Cc1ccc(S(=O)(=O)C2CCC(=O)C2C)c(C)c1. The van der Waals surface area contributed by atoms with Crippen LogP contribution in [0.1, 0.15) is 30.9 Å². The van der Waals surface area contributed by atoms with Crippen LogP contribution in [0.15, 0.2) is 23.1 Å². The van der Waals surface area contributed by atoms with Crippen molar-refractivity contribution in [1.82, 2.24) is 0 Å². The van der Waals surface area contributed by atoms with Crippen molar-refractivity contribution in [3.63, 3.8) is 0 Å². The second-order valence-corrected chi connectivity index (χ2v) is 7.28. The maximum Gasteiger partial charge on any atom is 0.182 e. The maximum atomic E-state index is 12.6. The van der Waals surface area contributed by atoms with Gasteiger partial charge in [0.05, 0.1) is 10.1 Å². The van der Waals surface area contributed by atoms with Crippen LogP contribution >= 0.6 is 0 Å². The summed E-state index contributed by atoms with van der Waals surface area (Å²) in [6.45, 7) is 5.47. The Bertz CT molecular complexity index is 587. The van der Waals surface area contributed by atoms with E-state index in [4.69, 9.17) is 0 Å². The van der Waals surface area contributed by atoms with Gasteiger partial charge < -0.3 is 0 Å². The van der Waals surface area contributed by atoms with Crippen LogP contribution in [0.25, 0.3) is 0 Å². The van der Waals surface area contributed by atoms with Gasteiger partial charge in [0, 0.05) is 12.3 Å². The summed E-state index contributed by atoms with van der Waals surface area (Å²) < 4.78 is 25.1. The summed E-state index contributed by atoms with van der Waals surface area (Å²) in [6, 6.07) is 5.34. The van der Waals surface area contributed by atoms with Gasteiger partial charge in [-0.1, -0.05) is 24.6 Å². The molecule has 4 heteroatoms. The van der Waals surface area contributed by atoms with E-state index in [1.54, 1.807) is 26.0 Å². The second-order valence-electron chi connectivity index (χ2n) is 5.15. The Morgan fingerprint density at radius 1 is 1.22 bits per heavy atom. The number of hydrogen-bond acceptors (Lipinski definition) is 3. The highest BCUT2D eigenvalue weighted by molar-refractivity contribution is 7.92. The third-order valence-corrected chi connectivity index (χ3v) is 6.29. The normalized spacial score (nSPS) is 24.5. The van der Waals surface area contributed by atoms with E-state index in [1.807, 2.05) is 13.0 Å². The van der Waals surface area contributed by atoms with Crippen LogP contribution < -0.4 is 0 Å². The molecule has 0 N–H and O–H groups in total. The molecule has 0 aliphatic heterocycles. The molecule has 1 aromatic carbocycles. The molecule has 2 rings (SSSR count). The van der Waals surface area contributed by atoms with Gasteiger partial charge in [-0.05, 0) is 31.9 Å². The van der Waals surface area contributed by atoms with Crippen molar-refractivity contribution in [2.45, 2.75) is 43.8 Å². The lowest BCUT2D eigenvalue weighted by Crippen LogP contribution is -2.26. The Kier molecular flexibility index (Phi) is 3.32. The molecule has 2 unspecified atom stereocenters. The van der Waals surface area contributed by atoms with Crippen LogP contribution in [0.4, 0.5) is 0 Å². The fourth-order valence-electron chi connectivity index (χ4n) is 2.68. The molecule has 18 heavy (non-hydrogen) atoms. The molecule has 0 spiro atoms. The molecule has 1 aromatic rings. The Morgan fingerprint density at radius 2 is 1.89 bits per heavy atom. The molecule has 3 nitrogen and oxygen atoms in total. The van der Waals surface area contributed by atoms with Gasteiger partial charge in [-0.2, -0.15) is 0 Å². The zero-order chi connectivity index (χ0) is 13.5. The lowest BCUT2D eigenvalue weighted by atomic mass is 10.1. The first-order valence-corrected chi connectivity index (χ1v) is 7.72. The number of aryl methyl sites for hydroxylation is 2. The lowest BCUT2D eigenvalue weighted by Gasteiger charge is -2.17. The fourth-order valence-corrected chi connectivity index (χ4v) is 4.88. The van der Waals surface area contributed by atoms with Crippen LogP contribution in [0.5, 0.6) is 0 Å². The number of ketones is 1. The zero-order valence-corrected chi connectivity index (χ0v) is 11.8. The number of rotatable bonds is 2. The van der Waals surface area contributed by atoms with Crippen molar-refractivity contribution >= 4 is 15.6 Å². The monoisotopic (exact) mass is 266 g/mol. The van der Waals surface area contributed by atoms with E-state index in [0.29, 0.717) is 17.7 Å². The number of carbonyl (C=O) groups is 1. The molecule has 1 fully saturated rings. The topological polar surface area (TPSA) is 51.2 Å². The van der Waals surface area contributed by atoms with Crippen molar-refractivity contribution in [2.24, 2.45) is 5.92 Å². The minimum absolute atomic E-state index is 0.0633. The Morgan fingerprint density at radius 3 is 2.39 bits per heavy atom. The first-order chi connectivity index (χ1) is 8.34. The largest absolute Gasteiger partial charge is 0.299 e. The third kappa shape index (κ3) is 2.09. The Hall–Kier alpha value is -1.16. The summed E-state index contributed by atoms with van der Waals surface area (Å²) in [5, 5.41) is -0.550. The molecule has 0 saturated heterocycles. The number of sulfone groups is 1. The van der Waals surface area contributed by atoms with Crippen LogP contribution in [-0.2, 0) is 14.6 Å². The first kappa shape index (κ1) is 13.3. The van der Waals surface area contributed by atoms with Gasteiger partial charge in [0.15, 0.2) is 9.84 Å². The smallest absolute Gasteiger partial charge is 0.182 e. The summed E-state index contributed by atoms with van der Waals surface area (Å²) in [5.41, 5.74) is 1.81. The van der Waals surface area contributed by atoms with Crippen LogP contribution in [0.3, 0.4) is 0 Å². The highest BCUT2D eigenvalue weighted by Gasteiger charge is 2.41. The zero-order valence-electron chi connectivity index (χ0n) is 10.9. The van der Waals surface area contributed by atoms with Crippen molar-refractivity contribution in [1.29, 1.82) is 0 Å². The summed E-state index contributed by atoms with van der Waals surface area (Å²) in [6.07, 6.45) is 0.839. The average molecular weight is 266 g/mol. The minimum Gasteiger partial charge on any atom is -0.299 e. The van der Waals surface area contributed by atoms with Crippen LogP contribution in [-0.4, -0.2) is 19.5 Å². The average Bonchev–Trinajstić information content (AvgIpc) is 2.59. The first-order valence-electron chi connectivity index (χ1n) is 6.18. The van der Waals surface area contributed by atoms with E-state index < -0.39 is 15.1 Å². The maximum absolute atomic E-state index is 12.6. The Balaban J connectivity index is 2.46. The molecule has 0 amide bonds. The van der Waals surface area contributed by atoms with Crippen molar-refractivity contribution in [3.8, 4) is 0 Å². The van der Waals surface area contributed by atoms with Gasteiger partial charge >= 0.3 is 0 Å². The Labute approximate surface area is 108 Å². The third-order valence-electron chi connectivity index (χ3n) is 3.78. The molecule has 1 aliphatic carbocycles. The van der Waals surface area contributed by atoms with Crippen molar-refractivity contribution in [3.05, 3.63) is 29.3 Å². The van der Waals surface area contributed by atoms with E-state index in [9.17, 15) is 13.2 Å². The molecule has 0 heterocycles. The lowest BCUT2D eigenvalue weighted by molar-refractivity contribution is -0.120. The van der Waals surface area contributed by atoms with Crippen molar-refractivity contribution < 1.29 is 13.2 Å². The van der Waals surface area contributed by atoms with Gasteiger partial charge in [-0.3, -0.25) is 4.79 Å². The standard InChI is InChI=1S/C14H18O3S/c1-9-4-6-13(10(2)8-9)18(16,17)14-7-5-12(15)11(14)3/h4,6,8,11,14H,5,7H2,1-3H3. The summed E-state index contributed by atoms with van der Waals surface area (Å²) in [7, 11) is -3.39. The number of benzene rings is 1. The molecule has 98 valence electrons. The second kappa shape index (κ2) is 4.50. The molecule has 0 bridgehead atoms. The quantitative estimate of drug-likeness (QED) is 0.826. The minimum atomic E-state index is -3.39. The summed E-state index contributed by atoms with van der Waals surface area (Å²) in [4.78, 5) is 11.9. The van der Waals surface area contributed by atoms with Gasteiger partial charge in [-0.25, -0.2) is 8.42 Å². The van der Waals surface area contributed by atoms with E-state index in [1.165, 1.54) is 0 Å². The predicted molar refractivity (Wildman–Crippen MR) is 70.3 cm³/mol. The number of Topliss-reactive ketones (excluding diaryl/α,β-unsaturated/α-hetero) is 1. The van der Waals surface area contributed by atoms with Gasteiger partial charge in [0.1, 0.15) is 5.78 Å². The molecule has 1 saturated carbocycles. The van der Waals surface area contributed by atoms with E-state index in [0.717, 1.165) is 11.1 Å². The van der Waals surface area contributed by atoms with Crippen LogP contribution in [0.2, 0.25) is 0 Å². The van der Waals surface area contributed by atoms with Crippen LogP contribution in [0, 0.1) is 19.8 Å². The van der Waals surface area contributed by atoms with Gasteiger partial charge in [0.2, 0.25) is 0 Å². The number of carbonyl (C=O) groups excluding carboxylic acids is 1. The molecule has 2 atom stereocenters. The summed E-state index contributed by atoms with van der Waals surface area (Å²) in [5.74, 6) is -0.316.